The Kier molecular flexibility index (Phi) is 5.45. The molecule has 5 nitrogen and oxygen atoms in total. The van der Waals surface area contributed by atoms with E-state index in [9.17, 15) is 4.79 Å². The molecule has 0 bridgehead atoms. The van der Waals surface area contributed by atoms with Gasteiger partial charge in [0.15, 0.2) is 0 Å². The second-order valence-corrected chi connectivity index (χ2v) is 3.95. The van der Waals surface area contributed by atoms with Crippen molar-refractivity contribution >= 4 is 5.97 Å². The quantitative estimate of drug-likeness (QED) is 0.715. The summed E-state index contributed by atoms with van der Waals surface area (Å²) in [7, 11) is 3.23. The van der Waals surface area contributed by atoms with Gasteiger partial charge in [-0.15, -0.1) is 0 Å². The van der Waals surface area contributed by atoms with Crippen molar-refractivity contribution in [2.45, 2.75) is 13.3 Å². The number of hydrogen-bond acceptors (Lipinski definition) is 4. The summed E-state index contributed by atoms with van der Waals surface area (Å²) in [4.78, 5) is 10.4. The van der Waals surface area contributed by atoms with E-state index in [0.29, 0.717) is 13.0 Å². The van der Waals surface area contributed by atoms with Crippen LogP contribution in [0.4, 0.5) is 0 Å². The molecule has 0 spiro atoms. The van der Waals surface area contributed by atoms with Crippen LogP contribution in [0.3, 0.4) is 0 Å². The third-order valence-corrected chi connectivity index (χ3v) is 2.69. The van der Waals surface area contributed by atoms with Crippen molar-refractivity contribution in [1.82, 2.24) is 5.32 Å². The summed E-state index contributed by atoms with van der Waals surface area (Å²) in [5.74, 6) is 0.670. The predicted molar refractivity (Wildman–Crippen MR) is 68.5 cm³/mol. The zero-order chi connectivity index (χ0) is 13.5. The molecule has 0 atom stereocenters. The van der Waals surface area contributed by atoms with Gasteiger partial charge in [-0.2, -0.15) is 0 Å². The number of hydrogen-bond donors (Lipinski definition) is 2. The molecule has 0 aliphatic heterocycles. The number of carboxylic acid groups (broad SMARTS) is 1. The molecule has 0 fully saturated rings. The molecule has 100 valence electrons. The van der Waals surface area contributed by atoms with Crippen LogP contribution in [0.25, 0.3) is 0 Å². The van der Waals surface area contributed by atoms with Gasteiger partial charge in [0.05, 0.1) is 20.8 Å². The van der Waals surface area contributed by atoms with Gasteiger partial charge in [-0.1, -0.05) is 0 Å². The Hall–Kier alpha value is -1.75. The molecule has 0 aromatic heterocycles. The van der Waals surface area contributed by atoms with E-state index >= 15 is 0 Å². The maximum atomic E-state index is 10.4. The average Bonchev–Trinajstić information content (AvgIpc) is 2.34. The minimum atomic E-state index is -0.853. The van der Waals surface area contributed by atoms with Crippen LogP contribution in [0.15, 0.2) is 12.1 Å². The van der Waals surface area contributed by atoms with E-state index in [1.54, 1.807) is 14.2 Å². The molecule has 0 radical (unpaired) electrons. The van der Waals surface area contributed by atoms with Crippen LogP contribution < -0.4 is 14.8 Å². The monoisotopic (exact) mass is 253 g/mol. The van der Waals surface area contributed by atoms with Gasteiger partial charge in [0.2, 0.25) is 0 Å². The number of ether oxygens (including phenoxy) is 2. The van der Waals surface area contributed by atoms with E-state index in [1.165, 1.54) is 0 Å². The van der Waals surface area contributed by atoms with Crippen molar-refractivity contribution in [3.8, 4) is 11.5 Å². The summed E-state index contributed by atoms with van der Waals surface area (Å²) in [5, 5.41) is 11.4. The lowest BCUT2D eigenvalue weighted by molar-refractivity contribution is -0.135. The van der Waals surface area contributed by atoms with Crippen LogP contribution in [0.5, 0.6) is 11.5 Å². The zero-order valence-corrected chi connectivity index (χ0v) is 10.9. The van der Waals surface area contributed by atoms with Gasteiger partial charge in [-0.05, 0) is 37.1 Å². The molecule has 18 heavy (non-hydrogen) atoms. The Balaban J connectivity index is 2.72. The maximum absolute atomic E-state index is 10.4. The number of carboxylic acids is 1. The summed E-state index contributed by atoms with van der Waals surface area (Å²) < 4.78 is 10.5. The Labute approximate surface area is 107 Å². The van der Waals surface area contributed by atoms with Gasteiger partial charge in [0, 0.05) is 6.07 Å². The number of nitrogens with one attached hydrogen (secondary N) is 1. The second-order valence-electron chi connectivity index (χ2n) is 3.95. The van der Waals surface area contributed by atoms with Crippen molar-refractivity contribution < 1.29 is 19.4 Å². The molecule has 0 aliphatic carbocycles. The molecular formula is C13H19NO4. The average molecular weight is 253 g/mol. The van der Waals surface area contributed by atoms with Crippen LogP contribution in [0.1, 0.15) is 11.1 Å². The minimum Gasteiger partial charge on any atom is -0.497 e. The summed E-state index contributed by atoms with van der Waals surface area (Å²) in [5.41, 5.74) is 2.14. The SMILES string of the molecule is COc1cc(C)c(CCNCC(=O)O)c(OC)c1. The lowest BCUT2D eigenvalue weighted by Crippen LogP contribution is -2.24. The molecule has 1 rings (SSSR count). The van der Waals surface area contributed by atoms with Crippen LogP contribution in [-0.4, -0.2) is 38.4 Å². The number of methoxy groups -OCH3 is 2. The highest BCUT2D eigenvalue weighted by atomic mass is 16.5. The predicted octanol–water partition coefficient (Wildman–Crippen LogP) is 1.23. The maximum Gasteiger partial charge on any atom is 0.317 e. The Bertz CT molecular complexity index is 418. The molecule has 1 aromatic carbocycles. The van der Waals surface area contributed by atoms with E-state index in [4.69, 9.17) is 14.6 Å². The lowest BCUT2D eigenvalue weighted by atomic mass is 10.0. The van der Waals surface area contributed by atoms with Gasteiger partial charge in [-0.25, -0.2) is 0 Å². The fraction of sp³-hybridized carbons (Fsp3) is 0.462. The first-order chi connectivity index (χ1) is 8.58. The van der Waals surface area contributed by atoms with Crippen LogP contribution in [-0.2, 0) is 11.2 Å². The normalized spacial score (nSPS) is 10.2. The van der Waals surface area contributed by atoms with Gasteiger partial charge in [-0.3, -0.25) is 4.79 Å². The molecule has 2 N–H and O–H groups in total. The lowest BCUT2D eigenvalue weighted by Gasteiger charge is -2.13. The minimum absolute atomic E-state index is 0.0302. The largest absolute Gasteiger partial charge is 0.497 e. The molecule has 0 heterocycles. The number of aryl methyl sites for hydroxylation is 1. The topological polar surface area (TPSA) is 67.8 Å². The van der Waals surface area contributed by atoms with E-state index in [1.807, 2.05) is 19.1 Å². The molecular weight excluding hydrogens is 234 g/mol. The molecule has 0 amide bonds. The van der Waals surface area contributed by atoms with E-state index in [-0.39, 0.29) is 6.54 Å². The molecule has 0 unspecified atom stereocenters. The first-order valence-corrected chi connectivity index (χ1v) is 5.72. The third kappa shape index (κ3) is 3.92. The Morgan fingerprint density at radius 2 is 2.06 bits per heavy atom. The van der Waals surface area contributed by atoms with Gasteiger partial charge < -0.3 is 19.9 Å². The van der Waals surface area contributed by atoms with Crippen LogP contribution >= 0.6 is 0 Å². The highest BCUT2D eigenvalue weighted by Gasteiger charge is 2.09. The second kappa shape index (κ2) is 6.86. The van der Waals surface area contributed by atoms with Crippen molar-refractivity contribution in [2.75, 3.05) is 27.3 Å². The summed E-state index contributed by atoms with van der Waals surface area (Å²) in [6, 6.07) is 3.77. The number of rotatable bonds is 7. The first kappa shape index (κ1) is 14.3. The van der Waals surface area contributed by atoms with Gasteiger partial charge >= 0.3 is 5.97 Å². The highest BCUT2D eigenvalue weighted by molar-refractivity contribution is 5.69. The number of carbonyl (C=O) groups is 1. The summed E-state index contributed by atoms with van der Waals surface area (Å²) >= 11 is 0. The summed E-state index contributed by atoms with van der Waals surface area (Å²) in [6.07, 6.45) is 0.715. The van der Waals surface area contributed by atoms with Crippen molar-refractivity contribution in [3.63, 3.8) is 0 Å². The molecule has 1 aromatic rings. The molecule has 0 saturated carbocycles. The van der Waals surface area contributed by atoms with E-state index in [2.05, 4.69) is 5.32 Å². The molecule has 0 aliphatic rings. The third-order valence-electron chi connectivity index (χ3n) is 2.69. The first-order valence-electron chi connectivity index (χ1n) is 5.72. The standard InChI is InChI=1S/C13H19NO4/c1-9-6-10(17-2)7-12(18-3)11(9)4-5-14-8-13(15)16/h6-7,14H,4-5,8H2,1-3H3,(H,15,16). The fourth-order valence-corrected chi connectivity index (χ4v) is 1.78. The van der Waals surface area contributed by atoms with Crippen LogP contribution in [0.2, 0.25) is 0 Å². The molecule has 5 heteroatoms. The van der Waals surface area contributed by atoms with E-state index in [0.717, 1.165) is 22.6 Å². The van der Waals surface area contributed by atoms with Crippen molar-refractivity contribution in [2.24, 2.45) is 0 Å². The van der Waals surface area contributed by atoms with Crippen molar-refractivity contribution in [3.05, 3.63) is 23.3 Å². The highest BCUT2D eigenvalue weighted by Crippen LogP contribution is 2.28. The Morgan fingerprint density at radius 3 is 2.61 bits per heavy atom. The fourth-order valence-electron chi connectivity index (χ4n) is 1.78. The molecule has 0 saturated heterocycles. The van der Waals surface area contributed by atoms with Crippen LogP contribution in [0, 0.1) is 6.92 Å². The van der Waals surface area contributed by atoms with Crippen molar-refractivity contribution in [1.29, 1.82) is 0 Å². The van der Waals surface area contributed by atoms with E-state index < -0.39 is 5.97 Å². The number of benzene rings is 1. The van der Waals surface area contributed by atoms with Gasteiger partial charge in [0.1, 0.15) is 11.5 Å². The van der Waals surface area contributed by atoms with Gasteiger partial charge in [0.25, 0.3) is 0 Å². The summed E-state index contributed by atoms with van der Waals surface area (Å²) in [6.45, 7) is 2.55. The smallest absolute Gasteiger partial charge is 0.317 e. The Morgan fingerprint density at radius 1 is 1.33 bits per heavy atom. The number of aliphatic carboxylic acids is 1. The zero-order valence-electron chi connectivity index (χ0n) is 10.9.